The van der Waals surface area contributed by atoms with Gasteiger partial charge < -0.3 is 19.3 Å². The van der Waals surface area contributed by atoms with E-state index < -0.39 is 32.5 Å². The van der Waals surface area contributed by atoms with E-state index in [2.05, 4.69) is 79.1 Å². The third-order valence-electron chi connectivity index (χ3n) is 8.02. The predicted molar refractivity (Wildman–Crippen MR) is 207 cm³/mol. The van der Waals surface area contributed by atoms with Gasteiger partial charge in [0.1, 0.15) is 6.61 Å². The van der Waals surface area contributed by atoms with Gasteiger partial charge in [0, 0.05) is 12.8 Å². The summed E-state index contributed by atoms with van der Waals surface area (Å²) in [5.41, 5.74) is 0. The molecule has 8 nitrogen and oxygen atoms in total. The highest BCUT2D eigenvalue weighted by atomic mass is 31.2. The lowest BCUT2D eigenvalue weighted by Gasteiger charge is -2.18. The number of carbonyl (C=O) groups is 2. The molecule has 0 heterocycles. The van der Waals surface area contributed by atoms with Gasteiger partial charge in [-0.05, 0) is 77.0 Å². The van der Waals surface area contributed by atoms with Crippen molar-refractivity contribution in [2.75, 3.05) is 13.2 Å². The summed E-state index contributed by atoms with van der Waals surface area (Å²) in [5, 5.41) is 0. The minimum atomic E-state index is -4.76. The molecule has 0 rings (SSSR count). The Morgan fingerprint density at radius 1 is 0.540 bits per heavy atom. The minimum absolute atomic E-state index is 0.180. The molecule has 0 saturated heterocycles. The van der Waals surface area contributed by atoms with Crippen molar-refractivity contribution in [1.82, 2.24) is 0 Å². The highest BCUT2D eigenvalue weighted by molar-refractivity contribution is 7.46. The van der Waals surface area contributed by atoms with Gasteiger partial charge in [-0.25, -0.2) is 4.57 Å². The van der Waals surface area contributed by atoms with Crippen LogP contribution in [0.5, 0.6) is 0 Å². The molecule has 1 atom stereocenters. The molecule has 0 saturated carbocycles. The van der Waals surface area contributed by atoms with Crippen LogP contribution < -0.4 is 0 Å². The fourth-order valence-corrected chi connectivity index (χ4v) is 5.48. The van der Waals surface area contributed by atoms with E-state index in [-0.39, 0.29) is 19.4 Å². The SMILES string of the molecule is CC/C=C\C/C=C\C/C=C\C/C=C\CCCCCCC(=O)O[C@H](COC(=O)CCCCCCC/C=C\CCCCCCCC)COP(=O)(O)O. The number of allylic oxidation sites excluding steroid dienone is 10. The monoisotopic (exact) mass is 722 g/mol. The largest absolute Gasteiger partial charge is 0.469 e. The average Bonchev–Trinajstić information content (AvgIpc) is 3.08. The van der Waals surface area contributed by atoms with Crippen LogP contribution in [0, 0.1) is 0 Å². The Bertz CT molecular complexity index is 995. The van der Waals surface area contributed by atoms with Gasteiger partial charge in [0.25, 0.3) is 0 Å². The topological polar surface area (TPSA) is 119 Å². The first-order valence-corrected chi connectivity index (χ1v) is 21.1. The van der Waals surface area contributed by atoms with Crippen molar-refractivity contribution in [3.8, 4) is 0 Å². The van der Waals surface area contributed by atoms with E-state index >= 15 is 0 Å². The van der Waals surface area contributed by atoms with Crippen molar-refractivity contribution >= 4 is 19.8 Å². The number of rotatable bonds is 35. The molecule has 0 aliphatic carbocycles. The number of phosphoric ester groups is 1. The van der Waals surface area contributed by atoms with Crippen LogP contribution in [0.15, 0.2) is 60.8 Å². The lowest BCUT2D eigenvalue weighted by atomic mass is 10.1. The van der Waals surface area contributed by atoms with E-state index in [1.807, 2.05) is 0 Å². The van der Waals surface area contributed by atoms with E-state index in [1.54, 1.807) is 0 Å². The first-order valence-electron chi connectivity index (χ1n) is 19.6. The zero-order chi connectivity index (χ0) is 36.8. The van der Waals surface area contributed by atoms with Crippen molar-refractivity contribution in [2.24, 2.45) is 0 Å². The highest BCUT2D eigenvalue weighted by Crippen LogP contribution is 2.36. The summed E-state index contributed by atoms with van der Waals surface area (Å²) < 4.78 is 26.3. The van der Waals surface area contributed by atoms with Crippen LogP contribution in [0.2, 0.25) is 0 Å². The Morgan fingerprint density at radius 3 is 1.46 bits per heavy atom. The van der Waals surface area contributed by atoms with Gasteiger partial charge in [-0.2, -0.15) is 0 Å². The fraction of sp³-hybridized carbons (Fsp3) is 0.707. The molecule has 288 valence electrons. The Hall–Kier alpha value is -2.25. The summed E-state index contributed by atoms with van der Waals surface area (Å²) in [6.45, 7) is 3.53. The molecular formula is C41H71O8P. The zero-order valence-electron chi connectivity index (χ0n) is 31.5. The lowest BCUT2D eigenvalue weighted by molar-refractivity contribution is -0.161. The molecule has 0 amide bonds. The Morgan fingerprint density at radius 2 is 0.960 bits per heavy atom. The molecule has 0 aliphatic rings. The van der Waals surface area contributed by atoms with Crippen molar-refractivity contribution in [2.45, 2.75) is 174 Å². The van der Waals surface area contributed by atoms with E-state index in [0.29, 0.717) is 12.8 Å². The molecule has 0 radical (unpaired) electrons. The van der Waals surface area contributed by atoms with Crippen molar-refractivity contribution < 1.29 is 37.9 Å². The molecule has 9 heteroatoms. The maximum Gasteiger partial charge on any atom is 0.469 e. The predicted octanol–water partition coefficient (Wildman–Crippen LogP) is 11.7. The molecule has 0 aliphatic heterocycles. The van der Waals surface area contributed by atoms with Crippen LogP contribution >= 0.6 is 7.82 Å². The number of ether oxygens (including phenoxy) is 2. The molecule has 0 aromatic heterocycles. The standard InChI is InChI=1S/C41H71O8P/c1-3-5-7-9-11-13-15-17-19-20-22-24-26-28-30-32-34-36-41(43)49-39(38-48-50(44,45)46)37-47-40(42)35-33-31-29-27-25-23-21-18-16-14-12-10-8-6-4-2/h5,7,11,13,17-19,21-22,24,39H,3-4,6,8-10,12,14-16,20,23,25-38H2,1-2H3,(H2,44,45,46)/b7-5-,13-11-,19-17-,21-18-,24-22-/t39-/m1/s1. The van der Waals surface area contributed by atoms with Gasteiger partial charge in [0.05, 0.1) is 6.61 Å². The summed E-state index contributed by atoms with van der Waals surface area (Å²) in [5.74, 6) is -0.926. The van der Waals surface area contributed by atoms with E-state index in [9.17, 15) is 14.2 Å². The molecule has 0 fully saturated rings. The quantitative estimate of drug-likeness (QED) is 0.0287. The third-order valence-corrected chi connectivity index (χ3v) is 8.51. The van der Waals surface area contributed by atoms with Gasteiger partial charge in [-0.15, -0.1) is 0 Å². The Kier molecular flexibility index (Phi) is 34.9. The first kappa shape index (κ1) is 47.8. The summed E-state index contributed by atoms with van der Waals surface area (Å²) in [7, 11) is -4.76. The second-order valence-corrected chi connectivity index (χ2v) is 14.1. The van der Waals surface area contributed by atoms with Crippen LogP contribution in [0.25, 0.3) is 0 Å². The zero-order valence-corrected chi connectivity index (χ0v) is 32.4. The number of unbranched alkanes of at least 4 members (excludes halogenated alkanes) is 15. The molecule has 0 aromatic carbocycles. The van der Waals surface area contributed by atoms with Gasteiger partial charge in [-0.1, -0.05) is 139 Å². The second kappa shape index (κ2) is 36.5. The normalized spacial score (nSPS) is 13.1. The van der Waals surface area contributed by atoms with Crippen molar-refractivity contribution in [3.05, 3.63) is 60.8 Å². The number of carbonyl (C=O) groups excluding carboxylic acids is 2. The van der Waals surface area contributed by atoms with Crippen LogP contribution in [0.4, 0.5) is 0 Å². The fourth-order valence-electron chi connectivity index (χ4n) is 5.12. The Labute approximate surface area is 305 Å². The van der Waals surface area contributed by atoms with Gasteiger partial charge in [0.2, 0.25) is 0 Å². The average molecular weight is 723 g/mol. The molecule has 0 spiro atoms. The van der Waals surface area contributed by atoms with Crippen LogP contribution in [0.1, 0.15) is 168 Å². The van der Waals surface area contributed by atoms with E-state index in [4.69, 9.17) is 19.3 Å². The maximum absolute atomic E-state index is 12.4. The van der Waals surface area contributed by atoms with Crippen molar-refractivity contribution in [1.29, 1.82) is 0 Å². The molecule has 2 N–H and O–H groups in total. The van der Waals surface area contributed by atoms with Gasteiger partial charge in [0.15, 0.2) is 6.10 Å². The third kappa shape index (κ3) is 38.6. The van der Waals surface area contributed by atoms with Crippen LogP contribution in [-0.4, -0.2) is 41.0 Å². The first-order chi connectivity index (χ1) is 24.3. The molecule has 0 aromatic rings. The van der Waals surface area contributed by atoms with Crippen LogP contribution in [-0.2, 0) is 28.2 Å². The molecular weight excluding hydrogens is 651 g/mol. The number of esters is 2. The minimum Gasteiger partial charge on any atom is -0.462 e. The summed E-state index contributed by atoms with van der Waals surface area (Å²) >= 11 is 0. The van der Waals surface area contributed by atoms with E-state index in [0.717, 1.165) is 83.5 Å². The summed E-state index contributed by atoms with van der Waals surface area (Å²) in [6.07, 6.45) is 45.1. The number of hydrogen-bond acceptors (Lipinski definition) is 6. The molecule has 50 heavy (non-hydrogen) atoms. The van der Waals surface area contributed by atoms with Gasteiger partial charge >= 0.3 is 19.8 Å². The maximum atomic E-state index is 12.4. The number of hydrogen-bond donors (Lipinski definition) is 2. The lowest BCUT2D eigenvalue weighted by Crippen LogP contribution is -2.29. The van der Waals surface area contributed by atoms with Crippen molar-refractivity contribution in [3.63, 3.8) is 0 Å². The number of phosphoric acid groups is 1. The molecule has 0 bridgehead atoms. The van der Waals surface area contributed by atoms with Crippen LogP contribution in [0.3, 0.4) is 0 Å². The molecule has 0 unspecified atom stereocenters. The summed E-state index contributed by atoms with van der Waals surface area (Å²) in [6, 6.07) is 0. The summed E-state index contributed by atoms with van der Waals surface area (Å²) in [4.78, 5) is 42.7. The van der Waals surface area contributed by atoms with Gasteiger partial charge in [-0.3, -0.25) is 14.1 Å². The smallest absolute Gasteiger partial charge is 0.462 e. The van der Waals surface area contributed by atoms with E-state index in [1.165, 1.54) is 44.9 Å². The Balaban J connectivity index is 4.03. The second-order valence-electron chi connectivity index (χ2n) is 12.9. The highest BCUT2D eigenvalue weighted by Gasteiger charge is 2.22.